The van der Waals surface area contributed by atoms with Gasteiger partial charge in [-0.25, -0.2) is 0 Å². The third kappa shape index (κ3) is 2.21. The van der Waals surface area contributed by atoms with E-state index < -0.39 is 10.2 Å². The number of allylic oxidation sites excluding steroid dienone is 1. The van der Waals surface area contributed by atoms with Crippen LogP contribution in [0.25, 0.3) is 0 Å². The summed E-state index contributed by atoms with van der Waals surface area (Å²) >= 11 is 0. The van der Waals surface area contributed by atoms with Crippen LogP contribution in [0.4, 0.5) is 0 Å². The average molecular weight is 266 g/mol. The molecule has 2 rings (SSSR count). The van der Waals surface area contributed by atoms with Crippen molar-refractivity contribution in [2.75, 3.05) is 14.1 Å². The van der Waals surface area contributed by atoms with Gasteiger partial charge < -0.3 is 0 Å². The van der Waals surface area contributed by atoms with Crippen molar-refractivity contribution in [3.8, 4) is 0 Å². The van der Waals surface area contributed by atoms with E-state index in [1.165, 1.54) is 8.61 Å². The maximum absolute atomic E-state index is 12.2. The van der Waals surface area contributed by atoms with Gasteiger partial charge in [-0.2, -0.15) is 17.0 Å². The fourth-order valence-electron chi connectivity index (χ4n) is 2.10. The van der Waals surface area contributed by atoms with Crippen molar-refractivity contribution in [3.63, 3.8) is 0 Å². The quantitative estimate of drug-likeness (QED) is 0.616. The Morgan fingerprint density at radius 2 is 1.83 bits per heavy atom. The number of hydrogen-bond donors (Lipinski definition) is 0. The molecule has 0 aliphatic carbocycles. The molecule has 1 aromatic rings. The van der Waals surface area contributed by atoms with E-state index in [0.717, 1.165) is 5.56 Å². The summed E-state index contributed by atoms with van der Waals surface area (Å²) in [6.07, 6.45) is 3.82. The Hall–Kier alpha value is -1.17. The fourth-order valence-corrected chi connectivity index (χ4v) is 3.45. The van der Waals surface area contributed by atoms with Gasteiger partial charge in [-0.3, -0.25) is 0 Å². The minimum atomic E-state index is -3.36. The van der Waals surface area contributed by atoms with Crippen LogP contribution in [0.1, 0.15) is 18.5 Å². The second-order valence-corrected chi connectivity index (χ2v) is 6.54. The molecule has 1 aliphatic heterocycles. The minimum absolute atomic E-state index is 0.0650. The van der Waals surface area contributed by atoms with Crippen molar-refractivity contribution in [2.45, 2.75) is 19.0 Å². The monoisotopic (exact) mass is 266 g/mol. The van der Waals surface area contributed by atoms with Crippen LogP contribution in [-0.2, 0) is 10.2 Å². The van der Waals surface area contributed by atoms with Crippen LogP contribution in [0.5, 0.6) is 0 Å². The minimum Gasteiger partial charge on any atom is -0.195 e. The summed E-state index contributed by atoms with van der Waals surface area (Å²) in [6.45, 7) is 1.90. The first-order chi connectivity index (χ1) is 8.50. The van der Waals surface area contributed by atoms with Gasteiger partial charge in [0.05, 0.1) is 12.1 Å². The molecule has 0 spiro atoms. The zero-order valence-corrected chi connectivity index (χ0v) is 11.6. The number of hydrogen-bond acceptors (Lipinski definition) is 2. The van der Waals surface area contributed by atoms with Gasteiger partial charge in [-0.1, -0.05) is 42.5 Å². The highest BCUT2D eigenvalue weighted by Crippen LogP contribution is 2.46. The molecule has 18 heavy (non-hydrogen) atoms. The van der Waals surface area contributed by atoms with Gasteiger partial charge in [0, 0.05) is 14.1 Å². The molecule has 98 valence electrons. The van der Waals surface area contributed by atoms with E-state index in [0.29, 0.717) is 0 Å². The van der Waals surface area contributed by atoms with Crippen LogP contribution in [0.3, 0.4) is 0 Å². The van der Waals surface area contributed by atoms with Crippen LogP contribution in [0, 0.1) is 0 Å². The van der Waals surface area contributed by atoms with E-state index in [-0.39, 0.29) is 12.1 Å². The van der Waals surface area contributed by atoms with E-state index in [4.69, 9.17) is 0 Å². The molecule has 1 aliphatic rings. The van der Waals surface area contributed by atoms with Gasteiger partial charge in [0.1, 0.15) is 0 Å². The summed E-state index contributed by atoms with van der Waals surface area (Å²) < 4.78 is 27.1. The van der Waals surface area contributed by atoms with E-state index in [1.807, 2.05) is 49.4 Å². The first-order valence-corrected chi connectivity index (χ1v) is 7.28. The first-order valence-electron chi connectivity index (χ1n) is 5.89. The van der Waals surface area contributed by atoms with Crippen molar-refractivity contribution in [3.05, 3.63) is 48.0 Å². The van der Waals surface area contributed by atoms with Crippen molar-refractivity contribution in [1.29, 1.82) is 0 Å². The second-order valence-electron chi connectivity index (χ2n) is 4.49. The summed E-state index contributed by atoms with van der Waals surface area (Å²) in [5, 5.41) is 0. The molecule has 1 aromatic carbocycles. The third-order valence-corrected chi connectivity index (χ3v) is 4.99. The molecule has 0 saturated carbocycles. The molecule has 4 nitrogen and oxygen atoms in total. The summed E-state index contributed by atoms with van der Waals surface area (Å²) in [7, 11) is -0.241. The van der Waals surface area contributed by atoms with E-state index in [1.54, 1.807) is 14.1 Å². The van der Waals surface area contributed by atoms with E-state index in [2.05, 4.69) is 0 Å². The largest absolute Gasteiger partial charge is 0.282 e. The van der Waals surface area contributed by atoms with Gasteiger partial charge in [0.25, 0.3) is 10.2 Å². The normalized spacial score (nSPS) is 27.9. The maximum Gasteiger partial charge on any atom is 0.282 e. The summed E-state index contributed by atoms with van der Waals surface area (Å²) in [5.74, 6) is 0. The van der Waals surface area contributed by atoms with Crippen molar-refractivity contribution in [1.82, 2.24) is 8.61 Å². The smallest absolute Gasteiger partial charge is 0.195 e. The molecule has 3 atom stereocenters. The van der Waals surface area contributed by atoms with Crippen LogP contribution < -0.4 is 0 Å². The van der Waals surface area contributed by atoms with Crippen molar-refractivity contribution in [2.24, 2.45) is 0 Å². The Balaban J connectivity index is 2.32. The number of rotatable bonds is 4. The van der Waals surface area contributed by atoms with E-state index >= 15 is 0 Å². The first kappa shape index (κ1) is 13.3. The van der Waals surface area contributed by atoms with Crippen LogP contribution in [0.15, 0.2) is 42.5 Å². The Morgan fingerprint density at radius 1 is 1.22 bits per heavy atom. The molecule has 0 bridgehead atoms. The highest BCUT2D eigenvalue weighted by Gasteiger charge is 2.55. The standard InChI is InChI=1S/C13H18N2O2S/c1-4-8-12-13(11-9-6-5-7-10-11)15(12)18(16,17)14(2)3/h4-10,12-13H,1-3H3/b8-4+. The van der Waals surface area contributed by atoms with Crippen LogP contribution >= 0.6 is 0 Å². The lowest BCUT2D eigenvalue weighted by atomic mass is 10.1. The summed E-state index contributed by atoms with van der Waals surface area (Å²) in [4.78, 5) is 0. The lowest BCUT2D eigenvalue weighted by molar-refractivity contribution is 0.476. The Bertz CT molecular complexity index is 537. The van der Waals surface area contributed by atoms with E-state index in [9.17, 15) is 8.42 Å². The molecular formula is C13H18N2O2S. The fraction of sp³-hybridized carbons (Fsp3) is 0.385. The molecule has 3 unspecified atom stereocenters. The van der Waals surface area contributed by atoms with Crippen molar-refractivity contribution >= 4 is 10.2 Å². The summed E-state index contributed by atoms with van der Waals surface area (Å²) in [6, 6.07) is 9.58. The summed E-state index contributed by atoms with van der Waals surface area (Å²) in [5.41, 5.74) is 1.03. The topological polar surface area (TPSA) is 40.4 Å². The molecular weight excluding hydrogens is 248 g/mol. The Labute approximate surface area is 109 Å². The molecule has 0 radical (unpaired) electrons. The van der Waals surface area contributed by atoms with Gasteiger partial charge in [-0.05, 0) is 12.5 Å². The molecule has 5 heteroatoms. The van der Waals surface area contributed by atoms with Crippen LogP contribution in [0.2, 0.25) is 0 Å². The SMILES string of the molecule is C/C=C/C1C(c2ccccc2)N1S(=O)(=O)N(C)C. The highest BCUT2D eigenvalue weighted by atomic mass is 32.2. The average Bonchev–Trinajstić information content (AvgIpc) is 3.05. The van der Waals surface area contributed by atoms with Gasteiger partial charge in [-0.15, -0.1) is 0 Å². The number of benzene rings is 1. The van der Waals surface area contributed by atoms with Crippen LogP contribution in [-0.4, -0.2) is 37.2 Å². The molecule has 0 amide bonds. The predicted molar refractivity (Wildman–Crippen MR) is 72.2 cm³/mol. The molecule has 1 saturated heterocycles. The van der Waals surface area contributed by atoms with Gasteiger partial charge in [0.15, 0.2) is 0 Å². The lowest BCUT2D eigenvalue weighted by Crippen LogP contribution is -2.29. The van der Waals surface area contributed by atoms with Gasteiger partial charge in [0.2, 0.25) is 0 Å². The maximum atomic E-state index is 12.2. The van der Waals surface area contributed by atoms with Crippen molar-refractivity contribution < 1.29 is 8.42 Å². The Kier molecular flexibility index (Phi) is 3.56. The highest BCUT2D eigenvalue weighted by molar-refractivity contribution is 7.87. The Morgan fingerprint density at radius 3 is 2.33 bits per heavy atom. The zero-order chi connectivity index (χ0) is 13.3. The molecule has 1 fully saturated rings. The molecule has 1 heterocycles. The lowest BCUT2D eigenvalue weighted by Gasteiger charge is -2.12. The number of nitrogens with zero attached hydrogens (tertiary/aromatic N) is 2. The predicted octanol–water partition coefficient (Wildman–Crippen LogP) is 1.79. The molecule has 0 aromatic heterocycles. The molecule has 0 N–H and O–H groups in total. The second kappa shape index (κ2) is 4.84. The van der Waals surface area contributed by atoms with Gasteiger partial charge >= 0.3 is 0 Å². The zero-order valence-electron chi connectivity index (χ0n) is 10.8. The third-order valence-electron chi connectivity index (χ3n) is 3.06.